The normalized spacial score (nSPS) is 17.6. The number of aromatic amines is 1. The second kappa shape index (κ2) is 6.55. The van der Waals surface area contributed by atoms with Gasteiger partial charge in [0.15, 0.2) is 5.65 Å². The molecule has 1 aliphatic heterocycles. The standard InChI is InChI=1S/C19H20N4O2/c1-25-15-7-2-5-13(11-15)19(24)23-10-4-6-14(12-23)17-16-8-3-9-20-18(16)22-21-17/h2-3,5,7-9,11,14H,4,6,10,12H2,1H3,(H,20,21,22)/t14-/m1/s1. The van der Waals surface area contributed by atoms with E-state index in [0.29, 0.717) is 17.9 Å². The van der Waals surface area contributed by atoms with Crippen molar-refractivity contribution in [2.45, 2.75) is 18.8 Å². The molecule has 0 saturated carbocycles. The van der Waals surface area contributed by atoms with E-state index >= 15 is 0 Å². The van der Waals surface area contributed by atoms with E-state index < -0.39 is 0 Å². The molecule has 0 bridgehead atoms. The van der Waals surface area contributed by atoms with E-state index in [9.17, 15) is 4.79 Å². The highest BCUT2D eigenvalue weighted by Crippen LogP contribution is 2.30. The zero-order valence-electron chi connectivity index (χ0n) is 14.1. The maximum Gasteiger partial charge on any atom is 0.254 e. The molecule has 3 heterocycles. The Hall–Kier alpha value is -2.89. The number of pyridine rings is 1. The largest absolute Gasteiger partial charge is 0.497 e. The summed E-state index contributed by atoms with van der Waals surface area (Å²) < 4.78 is 5.23. The number of ether oxygens (including phenoxy) is 1. The second-order valence-corrected chi connectivity index (χ2v) is 6.33. The van der Waals surface area contributed by atoms with Crippen molar-refractivity contribution in [3.63, 3.8) is 0 Å². The number of benzene rings is 1. The molecule has 128 valence electrons. The number of amides is 1. The van der Waals surface area contributed by atoms with Gasteiger partial charge in [0.1, 0.15) is 5.75 Å². The molecule has 2 aromatic heterocycles. The van der Waals surface area contributed by atoms with Crippen molar-refractivity contribution in [3.05, 3.63) is 53.9 Å². The van der Waals surface area contributed by atoms with Crippen LogP contribution in [0.3, 0.4) is 0 Å². The summed E-state index contributed by atoms with van der Waals surface area (Å²) >= 11 is 0. The fourth-order valence-electron chi connectivity index (χ4n) is 3.52. The maximum absolute atomic E-state index is 12.9. The summed E-state index contributed by atoms with van der Waals surface area (Å²) in [5, 5.41) is 8.46. The molecule has 0 spiro atoms. The van der Waals surface area contributed by atoms with Gasteiger partial charge in [-0.25, -0.2) is 4.98 Å². The molecule has 1 atom stereocenters. The van der Waals surface area contributed by atoms with Crippen LogP contribution in [0, 0.1) is 0 Å². The number of hydrogen-bond donors (Lipinski definition) is 1. The number of carbonyl (C=O) groups is 1. The number of carbonyl (C=O) groups excluding carboxylic acids is 1. The Bertz CT molecular complexity index is 905. The van der Waals surface area contributed by atoms with Gasteiger partial charge in [-0.1, -0.05) is 6.07 Å². The van der Waals surface area contributed by atoms with Gasteiger partial charge >= 0.3 is 0 Å². The van der Waals surface area contributed by atoms with Crippen molar-refractivity contribution < 1.29 is 9.53 Å². The lowest BCUT2D eigenvalue weighted by Gasteiger charge is -2.32. The maximum atomic E-state index is 12.9. The predicted octanol–water partition coefficient (Wildman–Crippen LogP) is 2.99. The molecule has 0 unspecified atom stereocenters. The summed E-state index contributed by atoms with van der Waals surface area (Å²) in [6.45, 7) is 1.46. The van der Waals surface area contributed by atoms with E-state index in [1.165, 1.54) is 0 Å². The zero-order valence-corrected chi connectivity index (χ0v) is 14.1. The molecule has 1 saturated heterocycles. The molecular weight excluding hydrogens is 316 g/mol. The molecule has 0 radical (unpaired) electrons. The van der Waals surface area contributed by atoms with Gasteiger partial charge in [0.25, 0.3) is 5.91 Å². The van der Waals surface area contributed by atoms with Gasteiger partial charge in [0.05, 0.1) is 7.11 Å². The minimum Gasteiger partial charge on any atom is -0.497 e. The number of nitrogens with zero attached hydrogens (tertiary/aromatic N) is 3. The molecule has 4 rings (SSSR count). The van der Waals surface area contributed by atoms with Crippen molar-refractivity contribution in [3.8, 4) is 5.75 Å². The van der Waals surface area contributed by atoms with Crippen molar-refractivity contribution in [2.24, 2.45) is 0 Å². The van der Waals surface area contributed by atoms with Gasteiger partial charge in [-0.2, -0.15) is 5.10 Å². The molecule has 1 aromatic carbocycles. The highest BCUT2D eigenvalue weighted by molar-refractivity contribution is 5.94. The lowest BCUT2D eigenvalue weighted by molar-refractivity contribution is 0.0706. The first-order valence-electron chi connectivity index (χ1n) is 8.48. The quantitative estimate of drug-likeness (QED) is 0.798. The average molecular weight is 336 g/mol. The summed E-state index contributed by atoms with van der Waals surface area (Å²) in [7, 11) is 1.61. The third-order valence-corrected chi connectivity index (χ3v) is 4.79. The number of piperidine rings is 1. The van der Waals surface area contributed by atoms with Crippen molar-refractivity contribution in [1.29, 1.82) is 0 Å². The Morgan fingerprint density at radius 1 is 1.32 bits per heavy atom. The van der Waals surface area contributed by atoms with Crippen LogP contribution in [-0.2, 0) is 0 Å². The molecule has 6 nitrogen and oxygen atoms in total. The number of rotatable bonds is 3. The second-order valence-electron chi connectivity index (χ2n) is 6.33. The molecule has 1 fully saturated rings. The number of aromatic nitrogens is 3. The van der Waals surface area contributed by atoms with E-state index in [4.69, 9.17) is 4.74 Å². The summed E-state index contributed by atoms with van der Waals surface area (Å²) in [4.78, 5) is 19.1. The smallest absolute Gasteiger partial charge is 0.254 e. The van der Waals surface area contributed by atoms with Crippen LogP contribution in [-0.4, -0.2) is 46.2 Å². The number of fused-ring (bicyclic) bond motifs is 1. The molecule has 1 N–H and O–H groups in total. The molecule has 0 aliphatic carbocycles. The third-order valence-electron chi connectivity index (χ3n) is 4.79. The van der Waals surface area contributed by atoms with Gasteiger partial charge < -0.3 is 9.64 Å². The van der Waals surface area contributed by atoms with Gasteiger partial charge in [0, 0.05) is 41.8 Å². The highest BCUT2D eigenvalue weighted by Gasteiger charge is 2.28. The first kappa shape index (κ1) is 15.6. The summed E-state index contributed by atoms with van der Waals surface area (Å²) in [6, 6.07) is 11.3. The lowest BCUT2D eigenvalue weighted by atomic mass is 9.93. The molecular formula is C19H20N4O2. The van der Waals surface area contributed by atoms with E-state index in [2.05, 4.69) is 15.2 Å². The Kier molecular flexibility index (Phi) is 4.09. The molecule has 1 amide bonds. The van der Waals surface area contributed by atoms with Crippen molar-refractivity contribution in [1.82, 2.24) is 20.1 Å². The molecule has 3 aromatic rings. The molecule has 1 aliphatic rings. The van der Waals surface area contributed by atoms with E-state index in [1.807, 2.05) is 35.2 Å². The van der Waals surface area contributed by atoms with E-state index in [0.717, 1.165) is 36.1 Å². The number of nitrogens with one attached hydrogen (secondary N) is 1. The fraction of sp³-hybridized carbons (Fsp3) is 0.316. The van der Waals surface area contributed by atoms with Crippen LogP contribution in [0.5, 0.6) is 5.75 Å². The highest BCUT2D eigenvalue weighted by atomic mass is 16.5. The zero-order chi connectivity index (χ0) is 17.2. The summed E-state index contributed by atoms with van der Waals surface area (Å²) in [5.74, 6) is 0.994. The van der Waals surface area contributed by atoms with Gasteiger partial charge in [-0.15, -0.1) is 0 Å². The molecule has 25 heavy (non-hydrogen) atoms. The topological polar surface area (TPSA) is 71.1 Å². The predicted molar refractivity (Wildman–Crippen MR) is 94.8 cm³/mol. The average Bonchev–Trinajstić information content (AvgIpc) is 3.12. The number of hydrogen-bond acceptors (Lipinski definition) is 4. The van der Waals surface area contributed by atoms with Crippen LogP contribution in [0.15, 0.2) is 42.6 Å². The van der Waals surface area contributed by atoms with Crippen LogP contribution >= 0.6 is 0 Å². The number of H-pyrrole nitrogens is 1. The van der Waals surface area contributed by atoms with Crippen molar-refractivity contribution in [2.75, 3.05) is 20.2 Å². The van der Waals surface area contributed by atoms with Crippen LogP contribution in [0.25, 0.3) is 11.0 Å². The molecule has 6 heteroatoms. The first-order valence-corrected chi connectivity index (χ1v) is 8.48. The van der Waals surface area contributed by atoms with Crippen LogP contribution in [0.2, 0.25) is 0 Å². The van der Waals surface area contributed by atoms with Crippen LogP contribution < -0.4 is 4.74 Å². The minimum absolute atomic E-state index is 0.0468. The fourth-order valence-corrected chi connectivity index (χ4v) is 3.52. The first-order chi connectivity index (χ1) is 12.3. The van der Waals surface area contributed by atoms with Crippen LogP contribution in [0.4, 0.5) is 0 Å². The lowest BCUT2D eigenvalue weighted by Crippen LogP contribution is -2.39. The van der Waals surface area contributed by atoms with E-state index in [1.54, 1.807) is 19.4 Å². The number of likely N-dealkylation sites (tertiary alicyclic amines) is 1. The van der Waals surface area contributed by atoms with E-state index in [-0.39, 0.29) is 11.8 Å². The van der Waals surface area contributed by atoms with Gasteiger partial charge in [0.2, 0.25) is 0 Å². The Labute approximate surface area is 145 Å². The summed E-state index contributed by atoms with van der Waals surface area (Å²) in [5.41, 5.74) is 2.47. The SMILES string of the molecule is COc1cccc(C(=O)N2CCC[C@@H](c3[nH]nc4ncccc34)C2)c1. The Morgan fingerprint density at radius 2 is 2.24 bits per heavy atom. The minimum atomic E-state index is 0.0468. The van der Waals surface area contributed by atoms with Gasteiger partial charge in [-0.05, 0) is 43.2 Å². The third kappa shape index (κ3) is 2.95. The number of methoxy groups -OCH3 is 1. The van der Waals surface area contributed by atoms with Crippen LogP contribution in [0.1, 0.15) is 34.8 Å². The monoisotopic (exact) mass is 336 g/mol. The van der Waals surface area contributed by atoms with Crippen molar-refractivity contribution >= 4 is 16.9 Å². The Morgan fingerprint density at radius 3 is 3.12 bits per heavy atom. The Balaban J connectivity index is 1.57. The summed E-state index contributed by atoms with van der Waals surface area (Å²) in [6.07, 6.45) is 3.75. The van der Waals surface area contributed by atoms with Gasteiger partial charge in [-0.3, -0.25) is 9.89 Å².